The molecule has 4 aromatic rings. The molecule has 2 N–H and O–H groups in total. The van der Waals surface area contributed by atoms with E-state index in [0.717, 1.165) is 41.8 Å². The number of imidazole rings is 1. The fourth-order valence-electron chi connectivity index (χ4n) is 3.74. The van der Waals surface area contributed by atoms with Crippen LogP contribution in [-0.4, -0.2) is 21.0 Å². The fraction of sp³-hybridized carbons (Fsp3) is 0.182. The van der Waals surface area contributed by atoms with Crippen LogP contribution < -0.4 is 5.32 Å². The molecule has 2 heterocycles. The number of fused-ring (bicyclic) bond motifs is 2. The van der Waals surface area contributed by atoms with Crippen molar-refractivity contribution in [2.75, 3.05) is 0 Å². The van der Waals surface area contributed by atoms with Crippen LogP contribution in [0.5, 0.6) is 0 Å². The SMILES string of the molecule is c1ccc2c(c1)CC(NCc1ccc(-c3ccc4[nH]cnc4n3)cc1)C2. The molecule has 2 aromatic carbocycles. The van der Waals surface area contributed by atoms with Crippen molar-refractivity contribution in [1.82, 2.24) is 20.3 Å². The summed E-state index contributed by atoms with van der Waals surface area (Å²) in [4.78, 5) is 11.9. The highest BCUT2D eigenvalue weighted by molar-refractivity contribution is 5.74. The summed E-state index contributed by atoms with van der Waals surface area (Å²) in [5.74, 6) is 0. The highest BCUT2D eigenvalue weighted by Gasteiger charge is 2.19. The molecule has 4 nitrogen and oxygen atoms in total. The molecule has 1 aliphatic carbocycles. The molecule has 4 heteroatoms. The Labute approximate surface area is 152 Å². The number of aromatic nitrogens is 3. The number of hydrogen-bond acceptors (Lipinski definition) is 3. The van der Waals surface area contributed by atoms with Crippen molar-refractivity contribution in [2.45, 2.75) is 25.4 Å². The number of nitrogens with zero attached hydrogens (tertiary/aromatic N) is 2. The summed E-state index contributed by atoms with van der Waals surface area (Å²) >= 11 is 0. The monoisotopic (exact) mass is 340 g/mol. The van der Waals surface area contributed by atoms with Gasteiger partial charge in [0, 0.05) is 18.2 Å². The van der Waals surface area contributed by atoms with Gasteiger partial charge in [0.1, 0.15) is 0 Å². The first kappa shape index (κ1) is 15.3. The molecule has 0 spiro atoms. The van der Waals surface area contributed by atoms with Crippen molar-refractivity contribution < 1.29 is 0 Å². The Hall–Kier alpha value is -2.98. The Morgan fingerprint density at radius 1 is 0.923 bits per heavy atom. The topological polar surface area (TPSA) is 53.6 Å². The third-order valence-corrected chi connectivity index (χ3v) is 5.18. The van der Waals surface area contributed by atoms with Crippen molar-refractivity contribution in [3.05, 3.63) is 83.7 Å². The van der Waals surface area contributed by atoms with Gasteiger partial charge in [0.25, 0.3) is 0 Å². The minimum atomic E-state index is 0.538. The highest BCUT2D eigenvalue weighted by atomic mass is 15.0. The predicted molar refractivity (Wildman–Crippen MR) is 104 cm³/mol. The largest absolute Gasteiger partial charge is 0.343 e. The normalized spacial score (nSPS) is 14.0. The van der Waals surface area contributed by atoms with Gasteiger partial charge < -0.3 is 10.3 Å². The first-order valence-electron chi connectivity index (χ1n) is 9.05. The van der Waals surface area contributed by atoms with E-state index in [1.54, 1.807) is 6.33 Å². The van der Waals surface area contributed by atoms with Crippen LogP contribution in [0.25, 0.3) is 22.4 Å². The maximum atomic E-state index is 4.61. The molecule has 0 unspecified atom stereocenters. The Morgan fingerprint density at radius 3 is 2.46 bits per heavy atom. The van der Waals surface area contributed by atoms with Crippen molar-refractivity contribution in [1.29, 1.82) is 0 Å². The minimum Gasteiger partial charge on any atom is -0.343 e. The van der Waals surface area contributed by atoms with Crippen LogP contribution in [0.4, 0.5) is 0 Å². The second kappa shape index (κ2) is 6.39. The summed E-state index contributed by atoms with van der Waals surface area (Å²) in [5, 5.41) is 3.70. The lowest BCUT2D eigenvalue weighted by Gasteiger charge is -2.12. The summed E-state index contributed by atoms with van der Waals surface area (Å²) in [6.07, 6.45) is 3.93. The summed E-state index contributed by atoms with van der Waals surface area (Å²) in [7, 11) is 0. The summed E-state index contributed by atoms with van der Waals surface area (Å²) < 4.78 is 0. The molecular formula is C22H20N4. The Morgan fingerprint density at radius 2 is 1.69 bits per heavy atom. The summed E-state index contributed by atoms with van der Waals surface area (Å²) in [6.45, 7) is 0.894. The van der Waals surface area contributed by atoms with E-state index in [1.807, 2.05) is 12.1 Å². The lowest BCUT2D eigenvalue weighted by Crippen LogP contribution is -2.28. The molecule has 0 bridgehead atoms. The number of H-pyrrole nitrogens is 1. The van der Waals surface area contributed by atoms with Crippen LogP contribution in [0.1, 0.15) is 16.7 Å². The molecule has 5 rings (SSSR count). The van der Waals surface area contributed by atoms with Gasteiger partial charge in [0.2, 0.25) is 0 Å². The fourth-order valence-corrected chi connectivity index (χ4v) is 3.74. The second-order valence-corrected chi connectivity index (χ2v) is 6.92. The summed E-state index contributed by atoms with van der Waals surface area (Å²) in [6, 6.07) is 22.0. The lowest BCUT2D eigenvalue weighted by atomic mass is 10.1. The van der Waals surface area contributed by atoms with E-state index in [-0.39, 0.29) is 0 Å². The number of aromatic amines is 1. The second-order valence-electron chi connectivity index (χ2n) is 6.92. The number of pyridine rings is 1. The van der Waals surface area contributed by atoms with Crippen LogP contribution >= 0.6 is 0 Å². The van der Waals surface area contributed by atoms with Gasteiger partial charge in [0.05, 0.1) is 17.5 Å². The minimum absolute atomic E-state index is 0.538. The zero-order valence-electron chi connectivity index (χ0n) is 14.4. The molecule has 0 aliphatic heterocycles. The molecule has 0 saturated heterocycles. The lowest BCUT2D eigenvalue weighted by molar-refractivity contribution is 0.533. The molecule has 0 atom stereocenters. The van der Waals surface area contributed by atoms with E-state index in [2.05, 4.69) is 68.8 Å². The van der Waals surface area contributed by atoms with Crippen LogP contribution in [0.15, 0.2) is 67.0 Å². The average Bonchev–Trinajstić information content (AvgIpc) is 3.32. The molecular weight excluding hydrogens is 320 g/mol. The van der Waals surface area contributed by atoms with Crippen molar-refractivity contribution in [3.63, 3.8) is 0 Å². The van der Waals surface area contributed by atoms with E-state index < -0.39 is 0 Å². The average molecular weight is 340 g/mol. The van der Waals surface area contributed by atoms with Gasteiger partial charge in [-0.1, -0.05) is 48.5 Å². The Balaban J connectivity index is 1.25. The smallest absolute Gasteiger partial charge is 0.177 e. The maximum absolute atomic E-state index is 4.61. The van der Waals surface area contributed by atoms with E-state index in [0.29, 0.717) is 6.04 Å². The van der Waals surface area contributed by atoms with Crippen molar-refractivity contribution >= 4 is 11.2 Å². The maximum Gasteiger partial charge on any atom is 0.177 e. The number of nitrogens with one attached hydrogen (secondary N) is 2. The van der Waals surface area contributed by atoms with Crippen molar-refractivity contribution in [3.8, 4) is 11.3 Å². The molecule has 26 heavy (non-hydrogen) atoms. The van der Waals surface area contributed by atoms with Gasteiger partial charge in [-0.15, -0.1) is 0 Å². The number of benzene rings is 2. The van der Waals surface area contributed by atoms with Gasteiger partial charge in [0.15, 0.2) is 5.65 Å². The van der Waals surface area contributed by atoms with Gasteiger partial charge in [-0.05, 0) is 41.7 Å². The van der Waals surface area contributed by atoms with Gasteiger partial charge >= 0.3 is 0 Å². The molecule has 1 aliphatic rings. The first-order valence-corrected chi connectivity index (χ1v) is 9.05. The van der Waals surface area contributed by atoms with Crippen LogP contribution in [0, 0.1) is 0 Å². The molecule has 0 fully saturated rings. The number of hydrogen-bond donors (Lipinski definition) is 2. The van der Waals surface area contributed by atoms with E-state index in [1.165, 1.54) is 16.7 Å². The van der Waals surface area contributed by atoms with Gasteiger partial charge in [-0.2, -0.15) is 0 Å². The molecule has 0 amide bonds. The van der Waals surface area contributed by atoms with E-state index in [9.17, 15) is 0 Å². The third kappa shape index (κ3) is 2.89. The molecule has 128 valence electrons. The van der Waals surface area contributed by atoms with Crippen LogP contribution in [0.2, 0.25) is 0 Å². The zero-order valence-corrected chi connectivity index (χ0v) is 14.4. The molecule has 0 radical (unpaired) electrons. The van der Waals surface area contributed by atoms with E-state index in [4.69, 9.17) is 0 Å². The highest BCUT2D eigenvalue weighted by Crippen LogP contribution is 2.23. The van der Waals surface area contributed by atoms with E-state index >= 15 is 0 Å². The Kier molecular flexibility index (Phi) is 3.76. The first-order chi connectivity index (χ1) is 12.8. The van der Waals surface area contributed by atoms with Gasteiger partial charge in [-0.25, -0.2) is 9.97 Å². The number of rotatable bonds is 4. The third-order valence-electron chi connectivity index (χ3n) is 5.18. The molecule has 0 saturated carbocycles. The molecule has 2 aromatic heterocycles. The van der Waals surface area contributed by atoms with Gasteiger partial charge in [-0.3, -0.25) is 0 Å². The van der Waals surface area contributed by atoms with Crippen LogP contribution in [-0.2, 0) is 19.4 Å². The standard InChI is InChI=1S/C22H20N4/c1-2-4-18-12-19(11-17(18)3-1)23-13-15-5-7-16(8-6-15)20-9-10-21-22(26-20)25-14-24-21/h1-10,14,19,23H,11-13H2,(H,24,25,26). The quantitative estimate of drug-likeness (QED) is 0.593. The summed E-state index contributed by atoms with van der Waals surface area (Å²) in [5.41, 5.74) is 8.06. The Bertz CT molecular complexity index is 1020. The van der Waals surface area contributed by atoms with Crippen LogP contribution in [0.3, 0.4) is 0 Å². The predicted octanol–water partition coefficient (Wildman–Crippen LogP) is 3.88. The van der Waals surface area contributed by atoms with Crippen molar-refractivity contribution in [2.24, 2.45) is 0 Å². The zero-order chi connectivity index (χ0) is 17.3.